The van der Waals surface area contributed by atoms with Crippen molar-refractivity contribution in [2.45, 2.75) is 13.0 Å². The van der Waals surface area contributed by atoms with Crippen molar-refractivity contribution in [1.29, 1.82) is 0 Å². The second-order valence-electron chi connectivity index (χ2n) is 6.03. The maximum Gasteiger partial charge on any atom is 0.276 e. The first-order valence-corrected chi connectivity index (χ1v) is 8.39. The monoisotopic (exact) mass is 385 g/mol. The van der Waals surface area contributed by atoms with Crippen LogP contribution in [0.2, 0.25) is 0 Å². The van der Waals surface area contributed by atoms with Gasteiger partial charge < -0.3 is 10.1 Å². The van der Waals surface area contributed by atoms with Gasteiger partial charge in [0.25, 0.3) is 5.91 Å². The summed E-state index contributed by atoms with van der Waals surface area (Å²) in [5, 5.41) is 6.75. The van der Waals surface area contributed by atoms with E-state index in [9.17, 15) is 18.4 Å². The number of hydrogen-bond donors (Lipinski definition) is 1. The van der Waals surface area contributed by atoms with Gasteiger partial charge in [0.15, 0.2) is 5.69 Å². The van der Waals surface area contributed by atoms with Crippen molar-refractivity contribution in [3.05, 3.63) is 87.7 Å². The molecule has 0 unspecified atom stereocenters. The highest BCUT2D eigenvalue weighted by molar-refractivity contribution is 5.92. The minimum absolute atomic E-state index is 0.0970. The van der Waals surface area contributed by atoms with E-state index in [2.05, 4.69) is 10.4 Å². The SMILES string of the molecule is COc1cc(=O)c(C(=O)N[C@@H](C)c2ccc(F)cc2)nn1-c1ccc(F)cc1. The molecule has 0 aliphatic carbocycles. The third-order valence-corrected chi connectivity index (χ3v) is 4.11. The molecule has 1 N–H and O–H groups in total. The lowest BCUT2D eigenvalue weighted by Crippen LogP contribution is -2.33. The fourth-order valence-electron chi connectivity index (χ4n) is 2.61. The van der Waals surface area contributed by atoms with E-state index in [-0.39, 0.29) is 17.4 Å². The van der Waals surface area contributed by atoms with Crippen LogP contribution in [0, 0.1) is 11.6 Å². The molecule has 0 radical (unpaired) electrons. The number of aromatic nitrogens is 2. The highest BCUT2D eigenvalue weighted by Gasteiger charge is 2.19. The van der Waals surface area contributed by atoms with Gasteiger partial charge in [-0.3, -0.25) is 9.59 Å². The van der Waals surface area contributed by atoms with Crippen molar-refractivity contribution in [2.75, 3.05) is 7.11 Å². The van der Waals surface area contributed by atoms with E-state index in [1.54, 1.807) is 19.1 Å². The van der Waals surface area contributed by atoms with Crippen molar-refractivity contribution in [3.8, 4) is 11.6 Å². The third-order valence-electron chi connectivity index (χ3n) is 4.11. The number of methoxy groups -OCH3 is 1. The molecule has 0 aliphatic rings. The topological polar surface area (TPSA) is 73.2 Å². The lowest BCUT2D eigenvalue weighted by Gasteiger charge is -2.15. The Morgan fingerprint density at radius 3 is 2.21 bits per heavy atom. The van der Waals surface area contributed by atoms with E-state index in [0.717, 1.165) is 6.07 Å². The number of rotatable bonds is 5. The Kier molecular flexibility index (Phi) is 5.49. The van der Waals surface area contributed by atoms with Crippen LogP contribution in [0.4, 0.5) is 8.78 Å². The molecule has 8 heteroatoms. The molecule has 3 rings (SSSR count). The number of carbonyl (C=O) groups is 1. The van der Waals surface area contributed by atoms with Gasteiger partial charge >= 0.3 is 0 Å². The largest absolute Gasteiger partial charge is 0.481 e. The molecule has 0 saturated heterocycles. The Morgan fingerprint density at radius 1 is 1.07 bits per heavy atom. The van der Waals surface area contributed by atoms with E-state index >= 15 is 0 Å². The van der Waals surface area contributed by atoms with E-state index in [0.29, 0.717) is 11.3 Å². The summed E-state index contributed by atoms with van der Waals surface area (Å²) in [6, 6.07) is 11.6. The van der Waals surface area contributed by atoms with Crippen LogP contribution in [-0.4, -0.2) is 22.8 Å². The Balaban J connectivity index is 1.93. The van der Waals surface area contributed by atoms with Gasteiger partial charge in [0.2, 0.25) is 11.3 Å². The van der Waals surface area contributed by atoms with Gasteiger partial charge in [0, 0.05) is 0 Å². The first-order chi connectivity index (χ1) is 13.4. The average molecular weight is 385 g/mol. The smallest absolute Gasteiger partial charge is 0.276 e. The van der Waals surface area contributed by atoms with Gasteiger partial charge in [0.05, 0.1) is 24.9 Å². The van der Waals surface area contributed by atoms with Crippen LogP contribution in [0.25, 0.3) is 5.69 Å². The molecule has 144 valence electrons. The second kappa shape index (κ2) is 7.99. The fraction of sp³-hybridized carbons (Fsp3) is 0.150. The zero-order valence-electron chi connectivity index (χ0n) is 15.1. The summed E-state index contributed by atoms with van der Waals surface area (Å²) in [5.41, 5.74) is 0.110. The molecule has 0 fully saturated rings. The van der Waals surface area contributed by atoms with Gasteiger partial charge in [-0.15, -0.1) is 0 Å². The number of amides is 1. The summed E-state index contributed by atoms with van der Waals surface area (Å²) in [6.45, 7) is 1.70. The second-order valence-corrected chi connectivity index (χ2v) is 6.03. The Hall–Kier alpha value is -3.55. The molecule has 2 aromatic carbocycles. The molecule has 6 nitrogen and oxygen atoms in total. The molecular weight excluding hydrogens is 368 g/mol. The Bertz CT molecular complexity index is 1050. The number of halogens is 2. The van der Waals surface area contributed by atoms with Gasteiger partial charge in [-0.2, -0.15) is 5.10 Å². The molecule has 1 amide bonds. The summed E-state index contributed by atoms with van der Waals surface area (Å²) in [7, 11) is 1.35. The van der Waals surface area contributed by atoms with Crippen LogP contribution >= 0.6 is 0 Å². The van der Waals surface area contributed by atoms with Crippen LogP contribution in [-0.2, 0) is 0 Å². The lowest BCUT2D eigenvalue weighted by atomic mass is 10.1. The van der Waals surface area contributed by atoms with Gasteiger partial charge in [0.1, 0.15) is 11.6 Å². The molecule has 28 heavy (non-hydrogen) atoms. The standard InChI is InChI=1S/C20H17F2N3O3/c1-12(13-3-5-14(21)6-4-13)23-20(27)19-17(26)11-18(28-2)25(24-19)16-9-7-15(22)8-10-16/h3-12H,1-2H3,(H,23,27)/t12-/m0/s1. The summed E-state index contributed by atoms with van der Waals surface area (Å²) < 4.78 is 32.6. The summed E-state index contributed by atoms with van der Waals surface area (Å²) in [4.78, 5) is 24.9. The van der Waals surface area contributed by atoms with Crippen LogP contribution in [0.15, 0.2) is 59.4 Å². The zero-order valence-corrected chi connectivity index (χ0v) is 15.1. The van der Waals surface area contributed by atoms with Crippen molar-refractivity contribution >= 4 is 5.91 Å². The maximum atomic E-state index is 13.2. The normalized spacial score (nSPS) is 11.7. The first kappa shape index (κ1) is 19.2. The van der Waals surface area contributed by atoms with Gasteiger partial charge in [-0.05, 0) is 48.9 Å². The fourth-order valence-corrected chi connectivity index (χ4v) is 2.61. The molecule has 1 heterocycles. The van der Waals surface area contributed by atoms with E-state index in [4.69, 9.17) is 4.74 Å². The summed E-state index contributed by atoms with van der Waals surface area (Å²) in [6.07, 6.45) is 0. The molecule has 3 aromatic rings. The number of nitrogens with zero attached hydrogens (tertiary/aromatic N) is 2. The van der Waals surface area contributed by atoms with Crippen molar-refractivity contribution in [2.24, 2.45) is 0 Å². The molecule has 0 saturated carbocycles. The summed E-state index contributed by atoms with van der Waals surface area (Å²) in [5.74, 6) is -1.42. The molecule has 1 aromatic heterocycles. The van der Waals surface area contributed by atoms with Crippen molar-refractivity contribution < 1.29 is 18.3 Å². The Labute approximate surface area is 159 Å². The quantitative estimate of drug-likeness (QED) is 0.733. The van der Waals surface area contributed by atoms with E-state index in [1.165, 1.54) is 48.2 Å². The zero-order chi connectivity index (χ0) is 20.3. The number of carbonyl (C=O) groups excluding carboxylic acids is 1. The average Bonchev–Trinajstić information content (AvgIpc) is 2.68. The number of ether oxygens (including phenoxy) is 1. The molecule has 0 aliphatic heterocycles. The van der Waals surface area contributed by atoms with E-state index < -0.39 is 23.2 Å². The number of hydrogen-bond acceptors (Lipinski definition) is 4. The lowest BCUT2D eigenvalue weighted by molar-refractivity contribution is 0.0931. The van der Waals surface area contributed by atoms with E-state index in [1.807, 2.05) is 0 Å². The third kappa shape index (κ3) is 4.06. The van der Waals surface area contributed by atoms with Crippen molar-refractivity contribution in [3.63, 3.8) is 0 Å². The first-order valence-electron chi connectivity index (χ1n) is 8.39. The number of nitrogens with one attached hydrogen (secondary N) is 1. The van der Waals surface area contributed by atoms with Crippen LogP contribution in [0.1, 0.15) is 29.0 Å². The summed E-state index contributed by atoms with van der Waals surface area (Å²) >= 11 is 0. The Morgan fingerprint density at radius 2 is 1.64 bits per heavy atom. The highest BCUT2D eigenvalue weighted by atomic mass is 19.1. The predicted octanol–water partition coefficient (Wildman–Crippen LogP) is 3.01. The van der Waals surface area contributed by atoms with Crippen LogP contribution < -0.4 is 15.5 Å². The van der Waals surface area contributed by atoms with Crippen molar-refractivity contribution in [1.82, 2.24) is 15.1 Å². The molecular formula is C20H17F2N3O3. The molecule has 1 atom stereocenters. The highest BCUT2D eigenvalue weighted by Crippen LogP contribution is 2.17. The van der Waals surface area contributed by atoms with Gasteiger partial charge in [-0.25, -0.2) is 13.5 Å². The minimum atomic E-state index is -0.694. The molecule has 0 spiro atoms. The molecule has 0 bridgehead atoms. The van der Waals surface area contributed by atoms with Crippen LogP contribution in [0.5, 0.6) is 5.88 Å². The maximum absolute atomic E-state index is 13.2. The predicted molar refractivity (Wildman–Crippen MR) is 98.6 cm³/mol. The van der Waals surface area contributed by atoms with Crippen LogP contribution in [0.3, 0.4) is 0 Å². The number of benzene rings is 2. The van der Waals surface area contributed by atoms with Gasteiger partial charge in [-0.1, -0.05) is 12.1 Å². The minimum Gasteiger partial charge on any atom is -0.481 e.